The van der Waals surface area contributed by atoms with Crippen LogP contribution in [0.4, 0.5) is 10.7 Å². The van der Waals surface area contributed by atoms with Crippen LogP contribution in [0.2, 0.25) is 0 Å². The molecule has 2 amide bonds. The van der Waals surface area contributed by atoms with Crippen molar-refractivity contribution in [2.75, 3.05) is 38.2 Å². The molecule has 1 fully saturated rings. The summed E-state index contributed by atoms with van der Waals surface area (Å²) in [4.78, 5) is 26.2. The van der Waals surface area contributed by atoms with Gasteiger partial charge >= 0.3 is 6.03 Å². The van der Waals surface area contributed by atoms with Gasteiger partial charge in [0.25, 0.3) is 0 Å². The van der Waals surface area contributed by atoms with Crippen molar-refractivity contribution < 1.29 is 14.3 Å². The van der Waals surface area contributed by atoms with Gasteiger partial charge < -0.3 is 24.6 Å². The molecule has 0 saturated carbocycles. The van der Waals surface area contributed by atoms with Crippen molar-refractivity contribution in [2.45, 2.75) is 32.7 Å². The quantitative estimate of drug-likeness (QED) is 0.693. The Kier molecular flexibility index (Phi) is 6.78. The molecule has 2 aliphatic heterocycles. The summed E-state index contributed by atoms with van der Waals surface area (Å²) in [5.41, 5.74) is 1.77. The summed E-state index contributed by atoms with van der Waals surface area (Å²) in [6.07, 6.45) is 4.57. The van der Waals surface area contributed by atoms with E-state index in [1.165, 1.54) is 0 Å². The number of hydrogen-bond donors (Lipinski definition) is 1. The monoisotopic (exact) mass is 437 g/mol. The van der Waals surface area contributed by atoms with Crippen LogP contribution in [0.15, 0.2) is 36.9 Å². The first-order valence-corrected chi connectivity index (χ1v) is 11.2. The molecule has 32 heavy (non-hydrogen) atoms. The van der Waals surface area contributed by atoms with Crippen LogP contribution >= 0.6 is 0 Å². The number of piperidine rings is 1. The van der Waals surface area contributed by atoms with Crippen LogP contribution in [0.1, 0.15) is 31.0 Å². The lowest BCUT2D eigenvalue weighted by Gasteiger charge is -2.33. The lowest BCUT2D eigenvalue weighted by molar-refractivity contribution is 0.192. The molecule has 2 aliphatic rings. The Morgan fingerprint density at radius 3 is 2.69 bits per heavy atom. The topological polar surface area (TPSA) is 79.8 Å². The molecule has 0 radical (unpaired) electrons. The second-order valence-corrected chi connectivity index (χ2v) is 8.32. The van der Waals surface area contributed by atoms with E-state index in [0.29, 0.717) is 49.4 Å². The first kappa shape index (κ1) is 21.9. The average Bonchev–Trinajstić information content (AvgIpc) is 2.83. The highest BCUT2D eigenvalue weighted by Crippen LogP contribution is 2.35. The Bertz CT molecular complexity index is 972. The van der Waals surface area contributed by atoms with Gasteiger partial charge in [-0.1, -0.05) is 25.1 Å². The van der Waals surface area contributed by atoms with E-state index in [4.69, 9.17) is 19.4 Å². The van der Waals surface area contributed by atoms with Crippen molar-refractivity contribution in [3.05, 3.63) is 48.2 Å². The number of anilines is 1. The fraction of sp³-hybridized carbons (Fsp3) is 0.458. The fourth-order valence-electron chi connectivity index (χ4n) is 4.06. The molecule has 0 bridgehead atoms. The zero-order valence-electron chi connectivity index (χ0n) is 18.8. The number of carbonyl (C=O) groups is 1. The van der Waals surface area contributed by atoms with E-state index in [1.54, 1.807) is 18.1 Å². The van der Waals surface area contributed by atoms with Crippen LogP contribution in [0.3, 0.4) is 0 Å². The Balaban J connectivity index is 1.67. The van der Waals surface area contributed by atoms with Crippen molar-refractivity contribution in [3.63, 3.8) is 0 Å². The Hall–Kier alpha value is -3.29. The number of para-hydroxylation sites is 2. The maximum Gasteiger partial charge on any atom is 0.317 e. The molecule has 1 aromatic heterocycles. The van der Waals surface area contributed by atoms with Crippen molar-refractivity contribution in [1.29, 1.82) is 0 Å². The molecule has 1 saturated heterocycles. The van der Waals surface area contributed by atoms with Crippen molar-refractivity contribution in [2.24, 2.45) is 5.92 Å². The molecule has 4 rings (SSSR count). The number of aromatic nitrogens is 2. The number of amides is 2. The van der Waals surface area contributed by atoms with Crippen molar-refractivity contribution in [1.82, 2.24) is 20.2 Å². The highest BCUT2D eigenvalue weighted by atomic mass is 16.5. The molecule has 2 aromatic rings. The second-order valence-electron chi connectivity index (χ2n) is 8.32. The standard InChI is InChI=1S/C24H31N5O3/c1-4-12-25-24(30)29-15-11-19-18(16-29)22(32-21-8-6-5-7-20(21)31-3)27-23(26-19)28-13-9-17(2)10-14-28/h4-8,17H,1,9-16H2,2-3H3,(H,25,30). The number of benzene rings is 1. The third kappa shape index (κ3) is 4.79. The number of urea groups is 1. The van der Waals surface area contributed by atoms with Gasteiger partial charge in [-0.05, 0) is 30.9 Å². The smallest absolute Gasteiger partial charge is 0.317 e. The maximum atomic E-state index is 12.5. The molecular formula is C24H31N5O3. The lowest BCUT2D eigenvalue weighted by atomic mass is 9.99. The number of methoxy groups -OCH3 is 1. The van der Waals surface area contributed by atoms with Gasteiger partial charge in [0, 0.05) is 32.6 Å². The van der Waals surface area contributed by atoms with Gasteiger partial charge in [0.2, 0.25) is 11.8 Å². The average molecular weight is 438 g/mol. The molecule has 0 spiro atoms. The first-order valence-electron chi connectivity index (χ1n) is 11.2. The molecule has 8 heteroatoms. The zero-order chi connectivity index (χ0) is 22.5. The maximum absolute atomic E-state index is 12.5. The van der Waals surface area contributed by atoms with Gasteiger partial charge in [-0.2, -0.15) is 4.98 Å². The van der Waals surface area contributed by atoms with Crippen molar-refractivity contribution >= 4 is 12.0 Å². The van der Waals surface area contributed by atoms with Crippen LogP contribution in [-0.2, 0) is 13.0 Å². The number of ether oxygens (including phenoxy) is 2. The summed E-state index contributed by atoms with van der Waals surface area (Å²) in [5.74, 6) is 3.11. The SMILES string of the molecule is C=CCNC(=O)N1CCc2nc(N3CCC(C)CC3)nc(Oc3ccccc3OC)c2C1. The largest absolute Gasteiger partial charge is 0.493 e. The van der Waals surface area contributed by atoms with E-state index in [-0.39, 0.29) is 6.03 Å². The third-order valence-electron chi connectivity index (χ3n) is 6.04. The number of nitrogens with zero attached hydrogens (tertiary/aromatic N) is 4. The number of carbonyl (C=O) groups excluding carboxylic acids is 1. The molecule has 0 atom stereocenters. The minimum absolute atomic E-state index is 0.132. The Morgan fingerprint density at radius 1 is 1.22 bits per heavy atom. The van der Waals surface area contributed by atoms with Gasteiger partial charge in [-0.25, -0.2) is 9.78 Å². The van der Waals surface area contributed by atoms with Crippen LogP contribution in [0.5, 0.6) is 17.4 Å². The van der Waals surface area contributed by atoms with Crippen molar-refractivity contribution in [3.8, 4) is 17.4 Å². The van der Waals surface area contributed by atoms with E-state index in [0.717, 1.165) is 43.1 Å². The summed E-state index contributed by atoms with van der Waals surface area (Å²) in [6.45, 7) is 9.22. The minimum atomic E-state index is -0.132. The van der Waals surface area contributed by atoms with E-state index in [2.05, 4.69) is 23.7 Å². The summed E-state index contributed by atoms with van der Waals surface area (Å²) in [5, 5.41) is 2.85. The number of hydrogen-bond acceptors (Lipinski definition) is 6. The molecular weight excluding hydrogens is 406 g/mol. The normalized spacial score (nSPS) is 16.3. The zero-order valence-corrected chi connectivity index (χ0v) is 18.8. The predicted octanol–water partition coefficient (Wildman–Crippen LogP) is 3.77. The van der Waals surface area contributed by atoms with Crippen LogP contribution < -0.4 is 19.7 Å². The Labute approximate surface area is 189 Å². The summed E-state index contributed by atoms with van der Waals surface area (Å²) in [7, 11) is 1.61. The van der Waals surface area contributed by atoms with Crippen LogP contribution in [-0.4, -0.2) is 54.2 Å². The first-order chi connectivity index (χ1) is 15.6. The molecule has 1 N–H and O–H groups in total. The minimum Gasteiger partial charge on any atom is -0.493 e. The second kappa shape index (κ2) is 9.89. The number of nitrogens with one attached hydrogen (secondary N) is 1. The van der Waals surface area contributed by atoms with Gasteiger partial charge in [-0.3, -0.25) is 0 Å². The molecule has 8 nitrogen and oxygen atoms in total. The third-order valence-corrected chi connectivity index (χ3v) is 6.04. The summed E-state index contributed by atoms with van der Waals surface area (Å²) in [6, 6.07) is 7.37. The summed E-state index contributed by atoms with van der Waals surface area (Å²) >= 11 is 0. The van der Waals surface area contributed by atoms with Gasteiger partial charge in [0.1, 0.15) is 0 Å². The van der Waals surface area contributed by atoms with E-state index in [1.807, 2.05) is 24.3 Å². The molecule has 3 heterocycles. The van der Waals surface area contributed by atoms with Gasteiger partial charge in [-0.15, -0.1) is 6.58 Å². The van der Waals surface area contributed by atoms with E-state index >= 15 is 0 Å². The van der Waals surface area contributed by atoms with Gasteiger partial charge in [0.15, 0.2) is 11.5 Å². The highest BCUT2D eigenvalue weighted by Gasteiger charge is 2.28. The van der Waals surface area contributed by atoms with E-state index in [9.17, 15) is 4.79 Å². The molecule has 1 aromatic carbocycles. The fourth-order valence-corrected chi connectivity index (χ4v) is 4.06. The predicted molar refractivity (Wildman–Crippen MR) is 123 cm³/mol. The molecule has 170 valence electrons. The molecule has 0 unspecified atom stereocenters. The summed E-state index contributed by atoms with van der Waals surface area (Å²) < 4.78 is 11.7. The number of rotatable bonds is 6. The lowest BCUT2D eigenvalue weighted by Crippen LogP contribution is -2.43. The van der Waals surface area contributed by atoms with Crippen LogP contribution in [0.25, 0.3) is 0 Å². The Morgan fingerprint density at radius 2 is 1.97 bits per heavy atom. The van der Waals surface area contributed by atoms with Gasteiger partial charge in [0.05, 0.1) is 24.9 Å². The van der Waals surface area contributed by atoms with Crippen LogP contribution in [0, 0.1) is 5.92 Å². The van der Waals surface area contributed by atoms with E-state index < -0.39 is 0 Å². The number of fused-ring (bicyclic) bond motifs is 1. The molecule has 0 aliphatic carbocycles. The highest BCUT2D eigenvalue weighted by molar-refractivity contribution is 5.74.